The lowest BCUT2D eigenvalue weighted by atomic mass is 9.80. The van der Waals surface area contributed by atoms with Gasteiger partial charge >= 0.3 is 12.6 Å². The molecule has 9 heteroatoms. The van der Waals surface area contributed by atoms with E-state index in [0.29, 0.717) is 30.5 Å². The zero-order valence-electron chi connectivity index (χ0n) is 19.8. The van der Waals surface area contributed by atoms with Crippen LogP contribution in [0.2, 0.25) is 0 Å². The summed E-state index contributed by atoms with van der Waals surface area (Å²) < 4.78 is 32.4. The highest BCUT2D eigenvalue weighted by molar-refractivity contribution is 5.70. The number of ether oxygens (including phenoxy) is 1. The predicted molar refractivity (Wildman–Crippen MR) is 129 cm³/mol. The van der Waals surface area contributed by atoms with E-state index < -0.39 is 12.6 Å². The number of imidazole rings is 1. The molecule has 5 rings (SSSR count). The summed E-state index contributed by atoms with van der Waals surface area (Å²) >= 11 is 0. The van der Waals surface area contributed by atoms with Crippen molar-refractivity contribution in [3.05, 3.63) is 77.6 Å². The Kier molecular flexibility index (Phi) is 6.63. The van der Waals surface area contributed by atoms with Gasteiger partial charge in [0.25, 0.3) is 0 Å². The van der Waals surface area contributed by atoms with E-state index in [2.05, 4.69) is 15.0 Å². The largest absolute Gasteiger partial charge is 0.481 e. The summed E-state index contributed by atoms with van der Waals surface area (Å²) in [4.78, 5) is 25.1. The van der Waals surface area contributed by atoms with E-state index in [9.17, 15) is 18.7 Å². The van der Waals surface area contributed by atoms with Crippen LogP contribution >= 0.6 is 0 Å². The van der Waals surface area contributed by atoms with Gasteiger partial charge in [-0.3, -0.25) is 14.8 Å². The summed E-state index contributed by atoms with van der Waals surface area (Å²) in [6.45, 7) is -0.999. The summed E-state index contributed by atoms with van der Waals surface area (Å²) in [5, 5.41) is 9.21. The smallest absolute Gasteiger partial charge is 0.387 e. The van der Waals surface area contributed by atoms with Crippen molar-refractivity contribution in [2.24, 2.45) is 5.92 Å². The highest BCUT2D eigenvalue weighted by Crippen LogP contribution is 2.35. The minimum atomic E-state index is -2.89. The van der Waals surface area contributed by atoms with Crippen LogP contribution in [0.4, 0.5) is 8.78 Å². The van der Waals surface area contributed by atoms with Crippen LogP contribution in [0.15, 0.2) is 55.0 Å². The number of nitrogens with zero attached hydrogens (tertiary/aromatic N) is 4. The molecule has 0 spiro atoms. The second kappa shape index (κ2) is 10.0. The lowest BCUT2D eigenvalue weighted by molar-refractivity contribution is -0.142. The summed E-state index contributed by atoms with van der Waals surface area (Å²) in [7, 11) is 0. The normalized spacial score (nSPS) is 18.0. The second-order valence-corrected chi connectivity index (χ2v) is 9.17. The third-order valence-electron chi connectivity index (χ3n) is 6.93. The summed E-state index contributed by atoms with van der Waals surface area (Å²) in [6, 6.07) is 10.6. The van der Waals surface area contributed by atoms with Crippen molar-refractivity contribution in [2.75, 3.05) is 0 Å². The quantitative estimate of drug-likeness (QED) is 0.359. The number of hydrogen-bond donors (Lipinski definition) is 1. The van der Waals surface area contributed by atoms with E-state index in [1.54, 1.807) is 30.6 Å². The minimum Gasteiger partial charge on any atom is -0.481 e. The molecule has 4 aromatic rings. The van der Waals surface area contributed by atoms with Gasteiger partial charge in [-0.2, -0.15) is 8.78 Å². The van der Waals surface area contributed by atoms with E-state index >= 15 is 0 Å². The van der Waals surface area contributed by atoms with Gasteiger partial charge in [-0.1, -0.05) is 18.2 Å². The number of aromatic nitrogens is 4. The average Bonchev–Trinajstić information content (AvgIpc) is 3.19. The molecular weight excluding hydrogens is 466 g/mol. The Morgan fingerprint density at radius 2 is 1.89 bits per heavy atom. The molecule has 1 aliphatic rings. The van der Waals surface area contributed by atoms with Crippen LogP contribution in [0.3, 0.4) is 0 Å². The fraction of sp³-hybridized carbons (Fsp3) is 0.333. The number of halogens is 2. The molecule has 1 fully saturated rings. The Bertz CT molecular complexity index is 1380. The Morgan fingerprint density at radius 1 is 1.11 bits per heavy atom. The second-order valence-electron chi connectivity index (χ2n) is 9.17. The number of pyridine rings is 1. The third kappa shape index (κ3) is 4.91. The van der Waals surface area contributed by atoms with Gasteiger partial charge in [0.05, 0.1) is 29.2 Å². The number of carboxylic acid groups (broad SMARTS) is 1. The van der Waals surface area contributed by atoms with Gasteiger partial charge in [-0.25, -0.2) is 4.98 Å². The van der Waals surface area contributed by atoms with Gasteiger partial charge in [-0.05, 0) is 50.8 Å². The Hall–Kier alpha value is -3.88. The van der Waals surface area contributed by atoms with Crippen LogP contribution in [-0.4, -0.2) is 37.0 Å². The van der Waals surface area contributed by atoms with Crippen LogP contribution < -0.4 is 4.74 Å². The molecular formula is C27H26F2N4O3. The van der Waals surface area contributed by atoms with Crippen molar-refractivity contribution in [3.8, 4) is 17.0 Å². The molecule has 186 valence electrons. The van der Waals surface area contributed by atoms with Gasteiger partial charge in [-0.15, -0.1) is 0 Å². The standard InChI is InChI=1S/C27H26F2N4O3/c1-16-23(12-19-4-2-3-5-24(19)36-27(28)29)33-15-20(10-11-25(33)32-16)22-14-30-21(13-31-22)17-6-8-18(9-7-17)26(34)35/h2-5,10-11,13-15,17-18,27H,6-9,12H2,1H3,(H,34,35)/t17-,18-. The number of fused-ring (bicyclic) bond motifs is 1. The average molecular weight is 493 g/mol. The number of carbonyl (C=O) groups is 1. The predicted octanol–water partition coefficient (Wildman–Crippen LogP) is 5.65. The number of aliphatic carboxylic acids is 1. The fourth-order valence-corrected chi connectivity index (χ4v) is 4.95. The van der Waals surface area contributed by atoms with E-state index in [-0.39, 0.29) is 17.6 Å². The van der Waals surface area contributed by atoms with E-state index in [4.69, 9.17) is 4.74 Å². The van der Waals surface area contributed by atoms with E-state index in [1.165, 1.54) is 6.07 Å². The molecule has 3 aromatic heterocycles. The number of hydrogen-bond acceptors (Lipinski definition) is 5. The summed E-state index contributed by atoms with van der Waals surface area (Å²) in [6.07, 6.45) is 8.75. The van der Waals surface area contributed by atoms with Crippen LogP contribution in [0.25, 0.3) is 16.9 Å². The first-order valence-electron chi connectivity index (χ1n) is 11.9. The first-order valence-corrected chi connectivity index (χ1v) is 11.9. The minimum absolute atomic E-state index is 0.150. The highest BCUT2D eigenvalue weighted by Gasteiger charge is 2.27. The van der Waals surface area contributed by atoms with Gasteiger partial charge in [0.15, 0.2) is 0 Å². The van der Waals surface area contributed by atoms with Gasteiger partial charge in [0.2, 0.25) is 0 Å². The number of rotatable bonds is 7. The van der Waals surface area contributed by atoms with Crippen molar-refractivity contribution in [3.63, 3.8) is 0 Å². The molecule has 36 heavy (non-hydrogen) atoms. The number of benzene rings is 1. The van der Waals surface area contributed by atoms with Crippen molar-refractivity contribution < 1.29 is 23.4 Å². The molecule has 0 bridgehead atoms. The lowest BCUT2D eigenvalue weighted by Crippen LogP contribution is -2.21. The maximum Gasteiger partial charge on any atom is 0.387 e. The summed E-state index contributed by atoms with van der Waals surface area (Å²) in [5.74, 6) is -0.605. The molecule has 3 heterocycles. The maximum absolute atomic E-state index is 12.9. The molecule has 0 amide bonds. The van der Waals surface area contributed by atoms with Crippen LogP contribution in [0.1, 0.15) is 54.2 Å². The lowest BCUT2D eigenvalue weighted by Gasteiger charge is -2.25. The van der Waals surface area contributed by atoms with Crippen molar-refractivity contribution in [1.29, 1.82) is 0 Å². The number of para-hydroxylation sites is 1. The molecule has 1 aliphatic carbocycles. The molecule has 0 saturated heterocycles. The topological polar surface area (TPSA) is 89.6 Å². The van der Waals surface area contributed by atoms with Gasteiger partial charge in [0, 0.05) is 41.6 Å². The van der Waals surface area contributed by atoms with Crippen LogP contribution in [0.5, 0.6) is 5.75 Å². The van der Waals surface area contributed by atoms with Crippen LogP contribution in [-0.2, 0) is 11.2 Å². The Labute approximate surface area is 206 Å². The number of carboxylic acids is 1. The molecule has 0 atom stereocenters. The van der Waals surface area contributed by atoms with E-state index in [0.717, 1.165) is 41.1 Å². The van der Waals surface area contributed by atoms with Crippen molar-refractivity contribution in [2.45, 2.75) is 51.6 Å². The van der Waals surface area contributed by atoms with Crippen LogP contribution in [0, 0.1) is 12.8 Å². The molecule has 0 unspecified atom stereocenters. The first-order chi connectivity index (χ1) is 17.4. The monoisotopic (exact) mass is 492 g/mol. The summed E-state index contributed by atoms with van der Waals surface area (Å²) in [5.41, 5.74) is 5.52. The first kappa shape index (κ1) is 23.8. The molecule has 1 saturated carbocycles. The Morgan fingerprint density at radius 3 is 2.58 bits per heavy atom. The highest BCUT2D eigenvalue weighted by atomic mass is 19.3. The van der Waals surface area contributed by atoms with Crippen molar-refractivity contribution >= 4 is 11.6 Å². The van der Waals surface area contributed by atoms with Gasteiger partial charge in [0.1, 0.15) is 11.4 Å². The van der Waals surface area contributed by atoms with Gasteiger partial charge < -0.3 is 14.2 Å². The maximum atomic E-state index is 12.9. The molecule has 1 aromatic carbocycles. The Balaban J connectivity index is 1.40. The molecule has 1 N–H and O–H groups in total. The third-order valence-corrected chi connectivity index (χ3v) is 6.93. The number of aryl methyl sites for hydroxylation is 1. The van der Waals surface area contributed by atoms with Crippen molar-refractivity contribution in [1.82, 2.24) is 19.4 Å². The SMILES string of the molecule is Cc1nc2ccc(-c3cnc([C@H]4CC[C@H](C(=O)O)CC4)cn3)cn2c1Cc1ccccc1OC(F)F. The zero-order chi connectivity index (χ0) is 25.2. The molecule has 0 radical (unpaired) electrons. The number of alkyl halides is 2. The zero-order valence-corrected chi connectivity index (χ0v) is 19.8. The van der Waals surface area contributed by atoms with E-state index in [1.807, 2.05) is 29.7 Å². The molecule has 7 nitrogen and oxygen atoms in total. The fourth-order valence-electron chi connectivity index (χ4n) is 4.95. The molecule has 0 aliphatic heterocycles.